The number of carbonyl (C=O) groups is 2. The van der Waals surface area contributed by atoms with Gasteiger partial charge in [0.25, 0.3) is 5.91 Å². The van der Waals surface area contributed by atoms with Gasteiger partial charge in [-0.1, -0.05) is 19.8 Å². The third kappa shape index (κ3) is 4.70. The van der Waals surface area contributed by atoms with Gasteiger partial charge in [-0.25, -0.2) is 9.78 Å². The molecule has 0 bridgehead atoms. The number of nitrogens with zero attached hydrogens (tertiary/aromatic N) is 1. The van der Waals surface area contributed by atoms with E-state index in [1.165, 1.54) is 18.2 Å². The minimum atomic E-state index is -0.813. The molecule has 0 radical (unpaired) electrons. The predicted octanol–water partition coefficient (Wildman–Crippen LogP) is 3.04. The van der Waals surface area contributed by atoms with E-state index in [4.69, 9.17) is 4.74 Å². The minimum absolute atomic E-state index is 0.178. The molecule has 1 N–H and O–H groups in total. The summed E-state index contributed by atoms with van der Waals surface area (Å²) in [6.45, 7) is 3.76. The molecule has 1 aromatic rings. The molecule has 5 nitrogen and oxygen atoms in total. The smallest absolute Gasteiger partial charge is 0.341 e. The molecule has 0 unspecified atom stereocenters. The fourth-order valence-corrected chi connectivity index (χ4v) is 3.35. The van der Waals surface area contributed by atoms with Gasteiger partial charge in [0, 0.05) is 12.2 Å². The van der Waals surface area contributed by atoms with E-state index < -0.39 is 12.1 Å². The van der Waals surface area contributed by atoms with E-state index in [9.17, 15) is 9.59 Å². The van der Waals surface area contributed by atoms with Crippen LogP contribution in [0, 0.1) is 5.92 Å². The predicted molar refractivity (Wildman–Crippen MR) is 90.5 cm³/mol. The molecule has 1 amide bonds. The van der Waals surface area contributed by atoms with Gasteiger partial charge in [0.05, 0.1) is 5.56 Å². The van der Waals surface area contributed by atoms with Gasteiger partial charge < -0.3 is 10.1 Å². The van der Waals surface area contributed by atoms with Crippen LogP contribution in [0.1, 0.15) is 49.9 Å². The summed E-state index contributed by atoms with van der Waals surface area (Å²) >= 11 is 1.38. The molecule has 1 heterocycles. The third-order valence-electron chi connectivity index (χ3n) is 4.28. The van der Waals surface area contributed by atoms with Gasteiger partial charge in [-0.3, -0.25) is 4.79 Å². The molecule has 126 valence electrons. The standard InChI is InChI=1S/C17H24N2O3S/c1-11-7-4-5-9-14(11)19-15(20)12(2)22-17(21)13-8-6-10-18-16(13)23-3/h6,8,10-12,14H,4-5,7,9H2,1-3H3,(H,19,20)/t11-,12+,14+/m0/s1. The quantitative estimate of drug-likeness (QED) is 0.661. The van der Waals surface area contributed by atoms with E-state index in [2.05, 4.69) is 17.2 Å². The maximum Gasteiger partial charge on any atom is 0.341 e. The van der Waals surface area contributed by atoms with E-state index in [1.807, 2.05) is 6.26 Å². The second kappa shape index (κ2) is 8.34. The van der Waals surface area contributed by atoms with Crippen LogP contribution in [0.2, 0.25) is 0 Å². The van der Waals surface area contributed by atoms with E-state index in [-0.39, 0.29) is 11.9 Å². The van der Waals surface area contributed by atoms with Crippen molar-refractivity contribution in [2.75, 3.05) is 6.26 Å². The van der Waals surface area contributed by atoms with Crippen molar-refractivity contribution in [1.82, 2.24) is 10.3 Å². The topological polar surface area (TPSA) is 68.3 Å². The second-order valence-corrected chi connectivity index (χ2v) is 6.78. The van der Waals surface area contributed by atoms with Crippen LogP contribution in [0.25, 0.3) is 0 Å². The average Bonchev–Trinajstić information content (AvgIpc) is 2.56. The number of pyridine rings is 1. The Morgan fingerprint density at radius 2 is 2.13 bits per heavy atom. The molecule has 0 spiro atoms. The van der Waals surface area contributed by atoms with Crippen LogP contribution in [0.15, 0.2) is 23.4 Å². The molecule has 1 saturated carbocycles. The second-order valence-electron chi connectivity index (χ2n) is 5.98. The van der Waals surface area contributed by atoms with Crippen LogP contribution < -0.4 is 5.32 Å². The van der Waals surface area contributed by atoms with Gasteiger partial charge in [-0.2, -0.15) is 0 Å². The zero-order valence-electron chi connectivity index (χ0n) is 13.9. The van der Waals surface area contributed by atoms with Crippen LogP contribution in [0.3, 0.4) is 0 Å². The molecule has 3 atom stereocenters. The van der Waals surface area contributed by atoms with Crippen LogP contribution in [0.4, 0.5) is 0 Å². The molecule has 1 aliphatic rings. The highest BCUT2D eigenvalue weighted by molar-refractivity contribution is 7.98. The fraction of sp³-hybridized carbons (Fsp3) is 0.588. The molecule has 1 fully saturated rings. The van der Waals surface area contributed by atoms with Crippen molar-refractivity contribution in [2.45, 2.75) is 56.7 Å². The number of nitrogens with one attached hydrogen (secondary N) is 1. The van der Waals surface area contributed by atoms with Gasteiger partial charge in [-0.15, -0.1) is 11.8 Å². The lowest BCUT2D eigenvalue weighted by Gasteiger charge is -2.30. The first-order valence-corrected chi connectivity index (χ1v) is 9.25. The average molecular weight is 336 g/mol. The first kappa shape index (κ1) is 17.8. The third-order valence-corrected chi connectivity index (χ3v) is 4.99. The van der Waals surface area contributed by atoms with E-state index in [1.54, 1.807) is 25.3 Å². The van der Waals surface area contributed by atoms with Crippen molar-refractivity contribution in [2.24, 2.45) is 5.92 Å². The molecule has 0 aliphatic heterocycles. The summed E-state index contributed by atoms with van der Waals surface area (Å²) in [5.74, 6) is -0.273. The summed E-state index contributed by atoms with van der Waals surface area (Å²) in [4.78, 5) is 28.6. The number of esters is 1. The minimum Gasteiger partial charge on any atom is -0.449 e. The summed E-state index contributed by atoms with van der Waals surface area (Å²) in [5.41, 5.74) is 0.394. The van der Waals surface area contributed by atoms with Gasteiger partial charge in [0.15, 0.2) is 6.10 Å². The van der Waals surface area contributed by atoms with Crippen molar-refractivity contribution >= 4 is 23.6 Å². The fourth-order valence-electron chi connectivity index (χ4n) is 2.82. The SMILES string of the molecule is CSc1ncccc1C(=O)O[C@H](C)C(=O)N[C@@H]1CCCC[C@@H]1C. The van der Waals surface area contributed by atoms with Crippen LogP contribution in [-0.2, 0) is 9.53 Å². The van der Waals surface area contributed by atoms with Crippen LogP contribution in [0.5, 0.6) is 0 Å². The number of aromatic nitrogens is 1. The highest BCUT2D eigenvalue weighted by Crippen LogP contribution is 2.24. The number of thioether (sulfide) groups is 1. The highest BCUT2D eigenvalue weighted by Gasteiger charge is 2.27. The first-order chi connectivity index (χ1) is 11.0. The Balaban J connectivity index is 1.93. The number of amides is 1. The van der Waals surface area contributed by atoms with Gasteiger partial charge in [-0.05, 0) is 44.1 Å². The number of ether oxygens (including phenoxy) is 1. The van der Waals surface area contributed by atoms with Crippen molar-refractivity contribution < 1.29 is 14.3 Å². The molecule has 6 heteroatoms. The van der Waals surface area contributed by atoms with E-state index in [0.717, 1.165) is 19.3 Å². The van der Waals surface area contributed by atoms with Gasteiger partial charge >= 0.3 is 5.97 Å². The normalized spacial score (nSPS) is 22.2. The van der Waals surface area contributed by atoms with Gasteiger partial charge in [0.2, 0.25) is 0 Å². The first-order valence-electron chi connectivity index (χ1n) is 8.03. The molecule has 23 heavy (non-hydrogen) atoms. The van der Waals surface area contributed by atoms with Gasteiger partial charge in [0.1, 0.15) is 5.03 Å². The Hall–Kier alpha value is -1.56. The molecule has 1 aliphatic carbocycles. The van der Waals surface area contributed by atoms with Crippen molar-refractivity contribution in [1.29, 1.82) is 0 Å². The van der Waals surface area contributed by atoms with E-state index >= 15 is 0 Å². The lowest BCUT2D eigenvalue weighted by molar-refractivity contribution is -0.130. The van der Waals surface area contributed by atoms with Crippen molar-refractivity contribution in [3.63, 3.8) is 0 Å². The zero-order chi connectivity index (χ0) is 16.8. The lowest BCUT2D eigenvalue weighted by atomic mass is 9.86. The summed E-state index contributed by atoms with van der Waals surface area (Å²) < 4.78 is 5.31. The Morgan fingerprint density at radius 1 is 1.39 bits per heavy atom. The molecule has 0 aromatic carbocycles. The van der Waals surface area contributed by atoms with E-state index in [0.29, 0.717) is 16.5 Å². The number of carbonyl (C=O) groups excluding carboxylic acids is 2. The molecule has 0 saturated heterocycles. The number of rotatable bonds is 5. The summed E-state index contributed by atoms with van der Waals surface area (Å²) in [5, 5.41) is 3.62. The Labute approximate surface area is 141 Å². The number of hydrogen-bond acceptors (Lipinski definition) is 5. The summed E-state index contributed by atoms with van der Waals surface area (Å²) in [7, 11) is 0. The molecular formula is C17H24N2O3S. The van der Waals surface area contributed by atoms with Crippen molar-refractivity contribution in [3.8, 4) is 0 Å². The summed E-state index contributed by atoms with van der Waals surface area (Å²) in [6, 6.07) is 3.53. The Kier molecular flexibility index (Phi) is 6.45. The zero-order valence-corrected chi connectivity index (χ0v) is 14.7. The molecular weight excluding hydrogens is 312 g/mol. The lowest BCUT2D eigenvalue weighted by Crippen LogP contribution is -2.46. The monoisotopic (exact) mass is 336 g/mol. The molecule has 2 rings (SSSR count). The largest absolute Gasteiger partial charge is 0.449 e. The maximum atomic E-state index is 12.3. The van der Waals surface area contributed by atoms with Crippen LogP contribution in [-0.4, -0.2) is 35.3 Å². The Morgan fingerprint density at radius 3 is 2.83 bits per heavy atom. The highest BCUT2D eigenvalue weighted by atomic mass is 32.2. The maximum absolute atomic E-state index is 12.3. The number of hydrogen-bond donors (Lipinski definition) is 1. The molecule has 1 aromatic heterocycles. The van der Waals surface area contributed by atoms with Crippen LogP contribution >= 0.6 is 11.8 Å². The summed E-state index contributed by atoms with van der Waals surface area (Å²) in [6.07, 6.45) is 7.14. The van der Waals surface area contributed by atoms with Crippen molar-refractivity contribution in [3.05, 3.63) is 23.9 Å². The Bertz CT molecular complexity index is 565.